The highest BCUT2D eigenvalue weighted by atomic mass is 32.2. The fourth-order valence-corrected chi connectivity index (χ4v) is 6.08. The Morgan fingerprint density at radius 2 is 2.00 bits per heavy atom. The van der Waals surface area contributed by atoms with Crippen molar-refractivity contribution in [2.75, 3.05) is 51.1 Å². The van der Waals surface area contributed by atoms with Crippen molar-refractivity contribution in [3.63, 3.8) is 0 Å². The molecule has 0 aromatic carbocycles. The van der Waals surface area contributed by atoms with E-state index >= 15 is 0 Å². The number of aromatic nitrogens is 5. The van der Waals surface area contributed by atoms with Crippen LogP contribution in [0.15, 0.2) is 24.5 Å². The minimum atomic E-state index is -3.32. The highest BCUT2D eigenvalue weighted by Gasteiger charge is 2.31. The normalized spacial score (nSPS) is 19.9. The second kappa shape index (κ2) is 11.4. The van der Waals surface area contributed by atoms with Crippen molar-refractivity contribution in [3.8, 4) is 6.01 Å². The fraction of sp³-hybridized carbons (Fsp3) is 0.560. The first-order valence-corrected chi connectivity index (χ1v) is 14.9. The molecule has 2 atom stereocenters. The van der Waals surface area contributed by atoms with Crippen molar-refractivity contribution >= 4 is 32.9 Å². The minimum absolute atomic E-state index is 0.0451. The number of ether oxygens (including phenoxy) is 2. The molecule has 0 spiro atoms. The van der Waals surface area contributed by atoms with Gasteiger partial charge in [0.05, 0.1) is 12.9 Å². The number of aromatic amines is 1. The summed E-state index contributed by atoms with van der Waals surface area (Å²) >= 11 is 0. The lowest BCUT2D eigenvalue weighted by atomic mass is 9.89. The van der Waals surface area contributed by atoms with Crippen LogP contribution in [-0.2, 0) is 14.8 Å². The molecule has 5 heterocycles. The number of pyridine rings is 1. The summed E-state index contributed by atoms with van der Waals surface area (Å²) in [6, 6.07) is 3.75. The summed E-state index contributed by atoms with van der Waals surface area (Å²) in [5.41, 5.74) is 2.14. The van der Waals surface area contributed by atoms with E-state index in [1.807, 2.05) is 24.1 Å². The van der Waals surface area contributed by atoms with Gasteiger partial charge in [-0.2, -0.15) is 15.0 Å². The quantitative estimate of drug-likeness (QED) is 0.393. The number of carbonyl (C=O) groups is 1. The number of carbonyl (C=O) groups excluding carboxylic acids is 1. The maximum Gasteiger partial charge on any atom is 0.322 e. The maximum atomic E-state index is 13.1. The molecule has 1 amide bonds. The molecule has 0 bridgehead atoms. The molecule has 0 radical (unpaired) electrons. The molecule has 0 saturated carbocycles. The predicted octanol–water partition coefficient (Wildman–Crippen LogP) is 1.31. The standard InChI is InChI=1S/C25H34N8O5S/c1-16(15-37-2)38-25-30-22(23(34)28-18-8-12-33(14-18)39(3,35)36)29-24(31-25)32-10-6-17(7-11-32)20-13-27-21-19(20)5-4-9-26-21/h4-5,9,13,16-18H,6-8,10-12,14-15H2,1-3H3,(H,26,27)(H,28,34)/t16-,18+/m1/s1. The van der Waals surface area contributed by atoms with E-state index < -0.39 is 15.9 Å². The van der Waals surface area contributed by atoms with Gasteiger partial charge in [0.1, 0.15) is 11.8 Å². The summed E-state index contributed by atoms with van der Waals surface area (Å²) in [5, 5.41) is 4.01. The maximum absolute atomic E-state index is 13.1. The highest BCUT2D eigenvalue weighted by Crippen LogP contribution is 2.33. The van der Waals surface area contributed by atoms with E-state index in [9.17, 15) is 13.2 Å². The molecule has 3 aromatic rings. The zero-order chi connectivity index (χ0) is 27.6. The minimum Gasteiger partial charge on any atom is -0.458 e. The number of H-pyrrole nitrogens is 1. The van der Waals surface area contributed by atoms with Gasteiger partial charge < -0.3 is 24.7 Å². The van der Waals surface area contributed by atoms with Gasteiger partial charge in [0, 0.05) is 57.1 Å². The molecular weight excluding hydrogens is 524 g/mol. The third-order valence-corrected chi connectivity index (χ3v) is 8.44. The third-order valence-electron chi connectivity index (χ3n) is 7.17. The van der Waals surface area contributed by atoms with Gasteiger partial charge in [-0.25, -0.2) is 17.7 Å². The number of amides is 1. The van der Waals surface area contributed by atoms with Gasteiger partial charge in [-0.3, -0.25) is 4.79 Å². The molecule has 3 aromatic heterocycles. The third kappa shape index (κ3) is 6.28. The van der Waals surface area contributed by atoms with Gasteiger partial charge in [0.2, 0.25) is 21.8 Å². The molecule has 0 unspecified atom stereocenters. The van der Waals surface area contributed by atoms with E-state index in [0.717, 1.165) is 23.9 Å². The molecular formula is C25H34N8O5S. The highest BCUT2D eigenvalue weighted by molar-refractivity contribution is 7.88. The van der Waals surface area contributed by atoms with Gasteiger partial charge in [0.15, 0.2) is 0 Å². The SMILES string of the molecule is COC[C@@H](C)Oc1nc(C(=O)N[C@H]2CCN(S(C)(=O)=O)C2)nc(N2CCC(c3c[nH]c4ncccc34)CC2)n1. The van der Waals surface area contributed by atoms with E-state index in [1.54, 1.807) is 13.3 Å². The zero-order valence-corrected chi connectivity index (χ0v) is 23.1. The van der Waals surface area contributed by atoms with Crippen LogP contribution in [0.25, 0.3) is 11.0 Å². The number of piperidine rings is 1. The summed E-state index contributed by atoms with van der Waals surface area (Å²) < 4.78 is 36.1. The topological polar surface area (TPSA) is 156 Å². The molecule has 13 nitrogen and oxygen atoms in total. The molecule has 5 rings (SSSR count). The van der Waals surface area contributed by atoms with Crippen LogP contribution < -0.4 is 15.0 Å². The van der Waals surface area contributed by atoms with Crippen molar-refractivity contribution in [1.82, 2.24) is 34.5 Å². The van der Waals surface area contributed by atoms with Crippen LogP contribution in [0.5, 0.6) is 6.01 Å². The lowest BCUT2D eigenvalue weighted by Gasteiger charge is -2.32. The van der Waals surface area contributed by atoms with Crippen molar-refractivity contribution in [1.29, 1.82) is 0 Å². The number of anilines is 1. The number of sulfonamides is 1. The average Bonchev–Trinajstić information content (AvgIpc) is 3.56. The molecule has 39 heavy (non-hydrogen) atoms. The summed E-state index contributed by atoms with van der Waals surface area (Å²) in [5.74, 6) is 0.172. The first kappa shape index (κ1) is 27.2. The second-order valence-corrected chi connectivity index (χ2v) is 12.1. The van der Waals surface area contributed by atoms with Gasteiger partial charge in [0.25, 0.3) is 5.91 Å². The van der Waals surface area contributed by atoms with Crippen LogP contribution in [0.2, 0.25) is 0 Å². The van der Waals surface area contributed by atoms with E-state index in [-0.39, 0.29) is 30.5 Å². The van der Waals surface area contributed by atoms with Crippen LogP contribution >= 0.6 is 0 Å². The summed E-state index contributed by atoms with van der Waals surface area (Å²) in [4.78, 5) is 36.1. The summed E-state index contributed by atoms with van der Waals surface area (Å²) in [6.45, 7) is 4.12. The Morgan fingerprint density at radius 3 is 2.72 bits per heavy atom. The predicted molar refractivity (Wildman–Crippen MR) is 144 cm³/mol. The van der Waals surface area contributed by atoms with Crippen molar-refractivity contribution < 1.29 is 22.7 Å². The van der Waals surface area contributed by atoms with Gasteiger partial charge in [-0.05, 0) is 49.8 Å². The molecule has 2 aliphatic rings. The van der Waals surface area contributed by atoms with Crippen LogP contribution in [0.3, 0.4) is 0 Å². The Bertz CT molecular complexity index is 1420. The number of nitrogens with zero attached hydrogens (tertiary/aromatic N) is 6. The lowest BCUT2D eigenvalue weighted by Crippen LogP contribution is -2.39. The van der Waals surface area contributed by atoms with Gasteiger partial charge in [-0.1, -0.05) is 0 Å². The summed E-state index contributed by atoms with van der Waals surface area (Å²) in [7, 11) is -1.74. The zero-order valence-electron chi connectivity index (χ0n) is 22.3. The van der Waals surface area contributed by atoms with Crippen molar-refractivity contribution in [3.05, 3.63) is 35.9 Å². The number of hydrogen-bond donors (Lipinski definition) is 2. The molecule has 14 heteroatoms. The first-order chi connectivity index (χ1) is 18.7. The number of nitrogens with one attached hydrogen (secondary N) is 2. The molecule has 210 valence electrons. The van der Waals surface area contributed by atoms with E-state index in [1.165, 1.54) is 16.1 Å². The Morgan fingerprint density at radius 1 is 1.21 bits per heavy atom. The molecule has 2 aliphatic heterocycles. The van der Waals surface area contributed by atoms with Gasteiger partial charge in [-0.15, -0.1) is 0 Å². The van der Waals surface area contributed by atoms with Crippen LogP contribution in [-0.4, -0.2) is 102 Å². The second-order valence-electron chi connectivity index (χ2n) is 10.1. The Balaban J connectivity index is 1.32. The lowest BCUT2D eigenvalue weighted by molar-refractivity contribution is 0.0836. The van der Waals surface area contributed by atoms with Crippen LogP contribution in [0, 0.1) is 0 Å². The van der Waals surface area contributed by atoms with E-state index in [2.05, 4.69) is 36.3 Å². The van der Waals surface area contributed by atoms with Crippen molar-refractivity contribution in [2.45, 2.75) is 44.2 Å². The summed E-state index contributed by atoms with van der Waals surface area (Å²) in [6.07, 6.45) is 6.94. The average molecular weight is 559 g/mol. The molecule has 2 saturated heterocycles. The largest absolute Gasteiger partial charge is 0.458 e. The van der Waals surface area contributed by atoms with Gasteiger partial charge >= 0.3 is 6.01 Å². The molecule has 0 aliphatic carbocycles. The molecule has 2 fully saturated rings. The van der Waals surface area contributed by atoms with E-state index in [4.69, 9.17) is 9.47 Å². The van der Waals surface area contributed by atoms with Crippen LogP contribution in [0.1, 0.15) is 48.3 Å². The van der Waals surface area contributed by atoms with E-state index in [0.29, 0.717) is 44.5 Å². The molecule has 2 N–H and O–H groups in total. The van der Waals surface area contributed by atoms with Crippen LogP contribution in [0.4, 0.5) is 5.95 Å². The number of methoxy groups -OCH3 is 1. The number of rotatable bonds is 9. The Labute approximate surface area is 227 Å². The first-order valence-electron chi connectivity index (χ1n) is 13.1. The van der Waals surface area contributed by atoms with Crippen molar-refractivity contribution in [2.24, 2.45) is 0 Å². The Hall–Kier alpha value is -3.36. The fourth-order valence-electron chi connectivity index (χ4n) is 5.19. The smallest absolute Gasteiger partial charge is 0.322 e. The Kier molecular flexibility index (Phi) is 7.96. The number of fused-ring (bicyclic) bond motifs is 1. The number of hydrogen-bond acceptors (Lipinski definition) is 10. The monoisotopic (exact) mass is 558 g/mol.